The van der Waals surface area contributed by atoms with Crippen molar-refractivity contribution in [2.24, 2.45) is 5.92 Å². The molecule has 2 aromatic carbocycles. The third-order valence-corrected chi connectivity index (χ3v) is 6.08. The fourth-order valence-corrected chi connectivity index (χ4v) is 4.29. The molecule has 184 valence electrons. The number of esters is 1. The first kappa shape index (κ1) is 26.0. The van der Waals surface area contributed by atoms with Gasteiger partial charge in [-0.25, -0.2) is 14.6 Å². The van der Waals surface area contributed by atoms with E-state index in [2.05, 4.69) is 15.6 Å². The predicted molar refractivity (Wildman–Crippen MR) is 136 cm³/mol. The first-order valence-corrected chi connectivity index (χ1v) is 12.0. The van der Waals surface area contributed by atoms with E-state index in [9.17, 15) is 19.2 Å². The number of carbonyl (C=O) groups excluding carboxylic acids is 3. The zero-order chi connectivity index (χ0) is 25.7. The number of hydrogen-bond acceptors (Lipinski definition) is 7. The Kier molecular flexibility index (Phi) is 8.29. The summed E-state index contributed by atoms with van der Waals surface area (Å²) in [5.74, 6) is -1.06. The number of methoxy groups -OCH3 is 1. The first-order chi connectivity index (χ1) is 16.6. The summed E-state index contributed by atoms with van der Waals surface area (Å²) >= 11 is 1.04. The Morgan fingerprint density at radius 2 is 1.86 bits per heavy atom. The topological polar surface area (TPSA) is 119 Å². The molecule has 2 N–H and O–H groups in total. The number of carbonyl (C=O) groups is 3. The Labute approximate surface area is 207 Å². The molecule has 35 heavy (non-hydrogen) atoms. The van der Waals surface area contributed by atoms with E-state index in [4.69, 9.17) is 4.74 Å². The molecule has 0 saturated carbocycles. The number of aryl methyl sites for hydroxylation is 2. The summed E-state index contributed by atoms with van der Waals surface area (Å²) in [6.45, 7) is 8.15. The van der Waals surface area contributed by atoms with Crippen molar-refractivity contribution in [3.8, 4) is 0 Å². The largest absolute Gasteiger partial charge is 0.465 e. The van der Waals surface area contributed by atoms with Crippen LogP contribution in [0.1, 0.15) is 35.3 Å². The van der Waals surface area contributed by atoms with Crippen molar-refractivity contribution in [3.63, 3.8) is 0 Å². The summed E-state index contributed by atoms with van der Waals surface area (Å²) in [5, 5.41) is 5.65. The smallest absolute Gasteiger partial charge is 0.337 e. The molecule has 3 aromatic rings. The SMILES string of the molecule is COC(=O)c1ccc2c(=O)n(CC(C)C)c(SCC(=O)NC(=O)Nc3ccc(C)cc3C)nc2c1. The Morgan fingerprint density at radius 3 is 2.51 bits per heavy atom. The number of benzene rings is 2. The number of hydrogen-bond donors (Lipinski definition) is 2. The minimum Gasteiger partial charge on any atom is -0.465 e. The van der Waals surface area contributed by atoms with Gasteiger partial charge in [-0.05, 0) is 49.6 Å². The number of nitrogens with zero attached hydrogens (tertiary/aromatic N) is 2. The van der Waals surface area contributed by atoms with Gasteiger partial charge in [0.2, 0.25) is 5.91 Å². The van der Waals surface area contributed by atoms with E-state index in [1.807, 2.05) is 39.8 Å². The Bertz CT molecular complexity index is 1350. The van der Waals surface area contributed by atoms with Crippen LogP contribution < -0.4 is 16.2 Å². The lowest BCUT2D eigenvalue weighted by molar-refractivity contribution is -0.117. The highest BCUT2D eigenvalue weighted by molar-refractivity contribution is 7.99. The van der Waals surface area contributed by atoms with Gasteiger partial charge in [0.05, 0.1) is 29.3 Å². The summed E-state index contributed by atoms with van der Waals surface area (Å²) in [6.07, 6.45) is 0. The standard InChI is InChI=1S/C25H28N4O5S/c1-14(2)12-29-22(31)18-8-7-17(23(32)34-5)11-20(18)27-25(29)35-13-21(30)28-24(33)26-19-9-6-15(3)10-16(19)4/h6-11,14H,12-13H2,1-5H3,(H2,26,28,30,33). The second kappa shape index (κ2) is 11.2. The number of anilines is 1. The maximum absolute atomic E-state index is 13.1. The summed E-state index contributed by atoms with van der Waals surface area (Å²) in [6, 6.07) is 9.48. The van der Waals surface area contributed by atoms with E-state index in [0.717, 1.165) is 22.9 Å². The van der Waals surface area contributed by atoms with E-state index < -0.39 is 17.9 Å². The van der Waals surface area contributed by atoms with Crippen LogP contribution in [0.15, 0.2) is 46.3 Å². The van der Waals surface area contributed by atoms with Crippen molar-refractivity contribution in [1.29, 1.82) is 0 Å². The second-order valence-corrected chi connectivity index (χ2v) is 9.48. The van der Waals surface area contributed by atoms with Crippen LogP contribution in [-0.2, 0) is 16.1 Å². The van der Waals surface area contributed by atoms with Gasteiger partial charge < -0.3 is 10.1 Å². The average molecular weight is 497 g/mol. The van der Waals surface area contributed by atoms with Gasteiger partial charge in [0, 0.05) is 12.2 Å². The molecule has 10 heteroatoms. The molecule has 0 aliphatic heterocycles. The van der Waals surface area contributed by atoms with E-state index in [-0.39, 0.29) is 22.8 Å². The van der Waals surface area contributed by atoms with Crippen molar-refractivity contribution < 1.29 is 19.1 Å². The van der Waals surface area contributed by atoms with Crippen LogP contribution in [0, 0.1) is 19.8 Å². The molecule has 3 amide bonds. The van der Waals surface area contributed by atoms with Crippen LogP contribution in [0.2, 0.25) is 0 Å². The molecule has 0 atom stereocenters. The molecule has 0 aliphatic rings. The van der Waals surface area contributed by atoms with Crippen LogP contribution in [0.25, 0.3) is 10.9 Å². The monoisotopic (exact) mass is 496 g/mol. The fraction of sp³-hybridized carbons (Fsp3) is 0.320. The normalized spacial score (nSPS) is 10.9. The molecular formula is C25H28N4O5S. The van der Waals surface area contributed by atoms with Crippen molar-refractivity contribution >= 4 is 46.3 Å². The highest BCUT2D eigenvalue weighted by atomic mass is 32.2. The zero-order valence-electron chi connectivity index (χ0n) is 20.3. The van der Waals surface area contributed by atoms with Gasteiger partial charge in [-0.2, -0.15) is 0 Å². The number of rotatable bonds is 7. The lowest BCUT2D eigenvalue weighted by Gasteiger charge is -2.15. The van der Waals surface area contributed by atoms with Crippen LogP contribution in [0.5, 0.6) is 0 Å². The third kappa shape index (κ3) is 6.48. The molecule has 0 saturated heterocycles. The van der Waals surface area contributed by atoms with Gasteiger partial charge in [-0.1, -0.05) is 43.3 Å². The zero-order valence-corrected chi connectivity index (χ0v) is 21.1. The lowest BCUT2D eigenvalue weighted by Crippen LogP contribution is -2.36. The van der Waals surface area contributed by atoms with E-state index in [1.165, 1.54) is 23.8 Å². The maximum atomic E-state index is 13.1. The number of nitrogens with one attached hydrogen (secondary N) is 2. The molecule has 0 fully saturated rings. The van der Waals surface area contributed by atoms with Gasteiger partial charge >= 0.3 is 12.0 Å². The van der Waals surface area contributed by atoms with Crippen LogP contribution in [0.3, 0.4) is 0 Å². The molecule has 0 unspecified atom stereocenters. The summed E-state index contributed by atoms with van der Waals surface area (Å²) in [5.41, 5.74) is 2.88. The number of imide groups is 1. The minimum atomic E-state index is -0.642. The number of amides is 3. The van der Waals surface area contributed by atoms with E-state index in [1.54, 1.807) is 12.1 Å². The number of urea groups is 1. The molecular weight excluding hydrogens is 468 g/mol. The first-order valence-electron chi connectivity index (χ1n) is 11.0. The highest BCUT2D eigenvalue weighted by Gasteiger charge is 2.17. The van der Waals surface area contributed by atoms with Gasteiger partial charge in [0.25, 0.3) is 5.56 Å². The van der Waals surface area contributed by atoms with Crippen LogP contribution >= 0.6 is 11.8 Å². The van der Waals surface area contributed by atoms with E-state index >= 15 is 0 Å². The quantitative estimate of drug-likeness (QED) is 0.289. The molecule has 0 aliphatic carbocycles. The third-order valence-electron chi connectivity index (χ3n) is 5.10. The second-order valence-electron chi connectivity index (χ2n) is 8.54. The Hall–Kier alpha value is -3.66. The highest BCUT2D eigenvalue weighted by Crippen LogP contribution is 2.20. The van der Waals surface area contributed by atoms with Crippen LogP contribution in [-0.4, -0.2) is 40.3 Å². The molecule has 0 spiro atoms. The van der Waals surface area contributed by atoms with E-state index in [0.29, 0.717) is 28.3 Å². The Morgan fingerprint density at radius 1 is 1.11 bits per heavy atom. The molecule has 0 radical (unpaired) electrons. The maximum Gasteiger partial charge on any atom is 0.337 e. The minimum absolute atomic E-state index is 0.132. The summed E-state index contributed by atoms with van der Waals surface area (Å²) < 4.78 is 6.26. The van der Waals surface area contributed by atoms with Crippen molar-refractivity contribution in [1.82, 2.24) is 14.9 Å². The predicted octanol–water partition coefficient (Wildman–Crippen LogP) is 3.90. The lowest BCUT2D eigenvalue weighted by atomic mass is 10.1. The van der Waals surface area contributed by atoms with Gasteiger partial charge in [-0.3, -0.25) is 19.5 Å². The number of fused-ring (bicyclic) bond motifs is 1. The molecule has 1 heterocycles. The number of thioether (sulfide) groups is 1. The number of aromatic nitrogens is 2. The fourth-order valence-electron chi connectivity index (χ4n) is 3.48. The molecule has 0 bridgehead atoms. The van der Waals surface area contributed by atoms with Gasteiger partial charge in [-0.15, -0.1) is 0 Å². The van der Waals surface area contributed by atoms with Crippen molar-refractivity contribution in [2.75, 3.05) is 18.2 Å². The molecule has 9 nitrogen and oxygen atoms in total. The van der Waals surface area contributed by atoms with Crippen molar-refractivity contribution in [3.05, 3.63) is 63.4 Å². The van der Waals surface area contributed by atoms with Crippen molar-refractivity contribution in [2.45, 2.75) is 39.4 Å². The van der Waals surface area contributed by atoms with Gasteiger partial charge in [0.1, 0.15) is 0 Å². The summed E-state index contributed by atoms with van der Waals surface area (Å²) in [7, 11) is 1.27. The van der Waals surface area contributed by atoms with Gasteiger partial charge in [0.15, 0.2) is 5.16 Å². The Balaban J connectivity index is 1.79. The average Bonchev–Trinajstić information content (AvgIpc) is 2.80. The van der Waals surface area contributed by atoms with Crippen LogP contribution in [0.4, 0.5) is 10.5 Å². The summed E-state index contributed by atoms with van der Waals surface area (Å²) in [4.78, 5) is 54.3. The number of ether oxygens (including phenoxy) is 1. The molecule has 1 aromatic heterocycles. The molecule has 3 rings (SSSR count).